The minimum Gasteiger partial charge on any atom is -0.465 e. The predicted octanol–water partition coefficient (Wildman–Crippen LogP) is 2.78. The number of methoxy groups -OCH3 is 1. The van der Waals surface area contributed by atoms with E-state index in [1.54, 1.807) is 12.1 Å². The lowest BCUT2D eigenvalue weighted by molar-refractivity contribution is -0.384. The van der Waals surface area contributed by atoms with E-state index in [0.717, 1.165) is 50.5 Å². The lowest BCUT2D eigenvalue weighted by Crippen LogP contribution is -2.46. The Morgan fingerprint density at radius 1 is 1.07 bits per heavy atom. The molecule has 1 aliphatic rings. The molecule has 158 valence electrons. The summed E-state index contributed by atoms with van der Waals surface area (Å²) in [6.45, 7) is 7.14. The summed E-state index contributed by atoms with van der Waals surface area (Å²) in [4.78, 5) is 39.5. The van der Waals surface area contributed by atoms with Crippen LogP contribution in [0.1, 0.15) is 27.6 Å². The van der Waals surface area contributed by atoms with Crippen molar-refractivity contribution in [3.8, 4) is 0 Å². The lowest BCUT2D eigenvalue weighted by Gasteiger charge is -2.35. The molecule has 0 aliphatic carbocycles. The highest BCUT2D eigenvalue weighted by Crippen LogP contribution is 2.22. The Kier molecular flexibility index (Phi) is 6.63. The summed E-state index contributed by atoms with van der Waals surface area (Å²) in [6, 6.07) is 10.9. The second-order valence-electron chi connectivity index (χ2n) is 6.94. The fourth-order valence-electron chi connectivity index (χ4n) is 3.36. The summed E-state index contributed by atoms with van der Waals surface area (Å²) in [7, 11) is 1.17. The van der Waals surface area contributed by atoms with Crippen molar-refractivity contribution in [2.45, 2.75) is 6.92 Å². The Balaban J connectivity index is 1.72. The number of benzene rings is 2. The Hall–Kier alpha value is -3.46. The summed E-state index contributed by atoms with van der Waals surface area (Å²) in [6.07, 6.45) is 0. The van der Waals surface area contributed by atoms with Gasteiger partial charge in [0, 0.05) is 55.2 Å². The van der Waals surface area contributed by atoms with Gasteiger partial charge in [0.2, 0.25) is 0 Å². The second kappa shape index (κ2) is 9.36. The van der Waals surface area contributed by atoms with Crippen LogP contribution in [0.4, 0.5) is 17.1 Å². The van der Waals surface area contributed by atoms with Gasteiger partial charge in [0.15, 0.2) is 0 Å². The first-order valence-electron chi connectivity index (χ1n) is 9.67. The number of ether oxygens (including phenoxy) is 1. The first-order valence-corrected chi connectivity index (χ1v) is 9.67. The van der Waals surface area contributed by atoms with Crippen LogP contribution < -0.4 is 10.2 Å². The number of rotatable bonds is 6. The van der Waals surface area contributed by atoms with E-state index in [4.69, 9.17) is 0 Å². The molecule has 0 unspecified atom stereocenters. The Morgan fingerprint density at radius 2 is 1.70 bits per heavy atom. The van der Waals surface area contributed by atoms with Crippen LogP contribution in [0.3, 0.4) is 0 Å². The van der Waals surface area contributed by atoms with Crippen molar-refractivity contribution < 1.29 is 19.2 Å². The molecule has 1 amide bonds. The highest BCUT2D eigenvalue weighted by Gasteiger charge is 2.19. The molecule has 0 spiro atoms. The third kappa shape index (κ3) is 4.93. The molecule has 1 fully saturated rings. The minimum absolute atomic E-state index is 0.00404. The molecule has 0 saturated carbocycles. The molecule has 0 bridgehead atoms. The van der Waals surface area contributed by atoms with Gasteiger partial charge in [-0.2, -0.15) is 0 Å². The van der Waals surface area contributed by atoms with Crippen molar-refractivity contribution in [1.29, 1.82) is 0 Å². The van der Waals surface area contributed by atoms with E-state index >= 15 is 0 Å². The van der Waals surface area contributed by atoms with Crippen LogP contribution in [0, 0.1) is 10.1 Å². The van der Waals surface area contributed by atoms with Crippen molar-refractivity contribution in [3.63, 3.8) is 0 Å². The topological polar surface area (TPSA) is 105 Å². The number of nitrogens with zero attached hydrogens (tertiary/aromatic N) is 3. The number of hydrogen-bond acceptors (Lipinski definition) is 7. The van der Waals surface area contributed by atoms with Crippen molar-refractivity contribution in [2.75, 3.05) is 50.1 Å². The molecule has 9 nitrogen and oxygen atoms in total. The van der Waals surface area contributed by atoms with Gasteiger partial charge < -0.3 is 19.9 Å². The number of nitro benzene ring substituents is 1. The number of nitrogens with one attached hydrogen (secondary N) is 1. The third-order valence-corrected chi connectivity index (χ3v) is 5.12. The SMILES string of the molecule is CCN1CCN(c2ccc(NC(=O)c3cc(C(=O)OC)cc([N+](=O)[O-])c3)cc2)CC1. The van der Waals surface area contributed by atoms with Crippen molar-refractivity contribution in [2.24, 2.45) is 0 Å². The smallest absolute Gasteiger partial charge is 0.338 e. The molecule has 2 aromatic carbocycles. The number of carbonyl (C=O) groups excluding carboxylic acids is 2. The van der Waals surface area contributed by atoms with Gasteiger partial charge in [-0.1, -0.05) is 6.92 Å². The van der Waals surface area contributed by atoms with Gasteiger partial charge in [-0.25, -0.2) is 4.79 Å². The van der Waals surface area contributed by atoms with E-state index in [2.05, 4.69) is 26.8 Å². The van der Waals surface area contributed by atoms with Crippen LogP contribution in [0.5, 0.6) is 0 Å². The molecule has 1 N–H and O–H groups in total. The van der Waals surface area contributed by atoms with Crippen molar-refractivity contribution in [3.05, 3.63) is 63.7 Å². The summed E-state index contributed by atoms with van der Waals surface area (Å²) in [5, 5.41) is 13.9. The van der Waals surface area contributed by atoms with Crippen LogP contribution >= 0.6 is 0 Å². The molecule has 30 heavy (non-hydrogen) atoms. The van der Waals surface area contributed by atoms with Crippen LogP contribution in [0.2, 0.25) is 0 Å². The minimum atomic E-state index is -0.750. The van der Waals surface area contributed by atoms with Gasteiger partial charge in [-0.05, 0) is 36.9 Å². The number of nitro groups is 1. The van der Waals surface area contributed by atoms with Crippen LogP contribution in [0.25, 0.3) is 0 Å². The van der Waals surface area contributed by atoms with E-state index in [1.807, 2.05) is 12.1 Å². The number of piperazine rings is 1. The maximum absolute atomic E-state index is 12.6. The molecule has 9 heteroatoms. The predicted molar refractivity (Wildman–Crippen MR) is 113 cm³/mol. The molecule has 0 atom stereocenters. The van der Waals surface area contributed by atoms with Crippen LogP contribution in [0.15, 0.2) is 42.5 Å². The molecule has 0 aromatic heterocycles. The summed E-state index contributed by atoms with van der Waals surface area (Å²) >= 11 is 0. The Bertz CT molecular complexity index is 937. The van der Waals surface area contributed by atoms with E-state index in [-0.39, 0.29) is 16.8 Å². The van der Waals surface area contributed by atoms with Crippen LogP contribution in [-0.2, 0) is 4.74 Å². The molecule has 1 aliphatic heterocycles. The Morgan fingerprint density at radius 3 is 2.27 bits per heavy atom. The van der Waals surface area contributed by atoms with E-state index in [0.29, 0.717) is 5.69 Å². The number of amides is 1. The summed E-state index contributed by atoms with van der Waals surface area (Å²) in [5.74, 6) is -1.30. The summed E-state index contributed by atoms with van der Waals surface area (Å²) in [5.41, 5.74) is 1.22. The van der Waals surface area contributed by atoms with Gasteiger partial charge in [0.05, 0.1) is 17.6 Å². The largest absolute Gasteiger partial charge is 0.465 e. The maximum atomic E-state index is 12.6. The number of esters is 1. The van der Waals surface area contributed by atoms with E-state index in [1.165, 1.54) is 13.2 Å². The highest BCUT2D eigenvalue weighted by molar-refractivity contribution is 6.06. The first kappa shape index (κ1) is 21.3. The average Bonchev–Trinajstić information content (AvgIpc) is 2.78. The molecule has 0 radical (unpaired) electrons. The zero-order valence-electron chi connectivity index (χ0n) is 17.0. The normalized spacial score (nSPS) is 14.3. The standard InChI is InChI=1S/C21H24N4O5/c1-3-23-8-10-24(11-9-23)18-6-4-17(5-7-18)22-20(26)15-12-16(21(27)30-2)14-19(13-15)25(28)29/h4-7,12-14H,3,8-11H2,1-2H3,(H,22,26). The molecule has 1 saturated heterocycles. The zero-order chi connectivity index (χ0) is 21.7. The zero-order valence-corrected chi connectivity index (χ0v) is 17.0. The summed E-state index contributed by atoms with van der Waals surface area (Å²) < 4.78 is 4.61. The average molecular weight is 412 g/mol. The fourth-order valence-corrected chi connectivity index (χ4v) is 3.36. The third-order valence-electron chi connectivity index (χ3n) is 5.12. The molecule has 2 aromatic rings. The quantitative estimate of drug-likeness (QED) is 0.442. The second-order valence-corrected chi connectivity index (χ2v) is 6.94. The highest BCUT2D eigenvalue weighted by atomic mass is 16.6. The van der Waals surface area contributed by atoms with Gasteiger partial charge >= 0.3 is 5.97 Å². The van der Waals surface area contributed by atoms with Crippen LogP contribution in [-0.4, -0.2) is 61.5 Å². The maximum Gasteiger partial charge on any atom is 0.338 e. The molecule has 1 heterocycles. The number of likely N-dealkylation sites (N-methyl/N-ethyl adjacent to an activating group) is 1. The monoisotopic (exact) mass is 412 g/mol. The van der Waals surface area contributed by atoms with Crippen molar-refractivity contribution in [1.82, 2.24) is 4.90 Å². The van der Waals surface area contributed by atoms with Crippen molar-refractivity contribution >= 4 is 28.9 Å². The Labute approximate surface area is 174 Å². The van der Waals surface area contributed by atoms with Gasteiger partial charge in [-0.3, -0.25) is 14.9 Å². The fraction of sp³-hybridized carbons (Fsp3) is 0.333. The molecular weight excluding hydrogens is 388 g/mol. The first-order chi connectivity index (χ1) is 14.4. The van der Waals surface area contributed by atoms with E-state index < -0.39 is 16.8 Å². The molecular formula is C21H24N4O5. The number of non-ortho nitro benzene ring substituents is 1. The number of carbonyl (C=O) groups is 2. The number of anilines is 2. The number of hydrogen-bond donors (Lipinski definition) is 1. The lowest BCUT2D eigenvalue weighted by atomic mass is 10.1. The van der Waals surface area contributed by atoms with Gasteiger partial charge in [-0.15, -0.1) is 0 Å². The van der Waals surface area contributed by atoms with Gasteiger partial charge in [0.1, 0.15) is 0 Å². The van der Waals surface area contributed by atoms with E-state index in [9.17, 15) is 19.7 Å². The van der Waals surface area contributed by atoms with Gasteiger partial charge in [0.25, 0.3) is 11.6 Å². The molecule has 3 rings (SSSR count).